The van der Waals surface area contributed by atoms with Crippen molar-refractivity contribution < 1.29 is 4.79 Å². The number of urea groups is 1. The first-order valence-electron chi connectivity index (χ1n) is 8.92. The first-order valence-corrected chi connectivity index (χ1v) is 9.74. The number of allylic oxidation sites excluding steroid dienone is 5. The Morgan fingerprint density at radius 3 is 2.64 bits per heavy atom. The number of benzene rings is 2. The minimum absolute atomic E-state index is 0.320. The topological polar surface area (TPSA) is 77.0 Å². The number of carbonyl (C=O) groups is 1. The summed E-state index contributed by atoms with van der Waals surface area (Å²) >= 11 is 1.54. The molecule has 0 atom stereocenters. The van der Waals surface area contributed by atoms with Gasteiger partial charge in [0.1, 0.15) is 0 Å². The number of hydrogen-bond donors (Lipinski definition) is 4. The standard InChI is InChI=1S/C22H22N4OS/c23-15-18-9-5-10-19(13-18)25-22(27)26-20-11-6-12-21(14-20)28-24-16-17-7-3-1-2-4-8-17/h1-7,9-15,23-24H,8,16H2,(H2,25,26,27). The Hall–Kier alpha value is -3.09. The van der Waals surface area contributed by atoms with Crippen LogP contribution in [0.4, 0.5) is 16.2 Å². The molecule has 3 rings (SSSR count). The summed E-state index contributed by atoms with van der Waals surface area (Å²) in [5.41, 5.74) is 3.41. The third-order valence-corrected chi connectivity index (χ3v) is 4.74. The average molecular weight is 391 g/mol. The number of anilines is 2. The fourth-order valence-corrected chi connectivity index (χ4v) is 3.36. The molecule has 0 heterocycles. The van der Waals surface area contributed by atoms with Gasteiger partial charge in [-0.15, -0.1) is 0 Å². The Morgan fingerprint density at radius 2 is 1.82 bits per heavy atom. The summed E-state index contributed by atoms with van der Waals surface area (Å²) in [5, 5.41) is 12.9. The number of carbonyl (C=O) groups excluding carboxylic acids is 1. The molecule has 0 saturated heterocycles. The van der Waals surface area contributed by atoms with Crippen LogP contribution < -0.4 is 15.4 Å². The van der Waals surface area contributed by atoms with Crippen LogP contribution in [0.2, 0.25) is 0 Å². The minimum atomic E-state index is -0.320. The van der Waals surface area contributed by atoms with E-state index in [2.05, 4.69) is 33.6 Å². The van der Waals surface area contributed by atoms with Crippen molar-refractivity contribution in [2.75, 3.05) is 17.2 Å². The molecule has 0 bridgehead atoms. The van der Waals surface area contributed by atoms with Crippen molar-refractivity contribution in [2.45, 2.75) is 11.3 Å². The summed E-state index contributed by atoms with van der Waals surface area (Å²) in [5.74, 6) is 0. The highest BCUT2D eigenvalue weighted by atomic mass is 32.2. The summed E-state index contributed by atoms with van der Waals surface area (Å²) < 4.78 is 3.36. The Morgan fingerprint density at radius 1 is 1.04 bits per heavy atom. The maximum atomic E-state index is 12.2. The Kier molecular flexibility index (Phi) is 7.23. The Balaban J connectivity index is 1.51. The van der Waals surface area contributed by atoms with Gasteiger partial charge in [-0.3, -0.25) is 4.72 Å². The minimum Gasteiger partial charge on any atom is -0.308 e. The van der Waals surface area contributed by atoms with Gasteiger partial charge in [-0.1, -0.05) is 54.2 Å². The van der Waals surface area contributed by atoms with Crippen LogP contribution in [0.15, 0.2) is 89.4 Å². The highest BCUT2D eigenvalue weighted by Crippen LogP contribution is 2.20. The van der Waals surface area contributed by atoms with Crippen LogP contribution >= 0.6 is 11.9 Å². The van der Waals surface area contributed by atoms with Gasteiger partial charge in [0.05, 0.1) is 0 Å². The monoisotopic (exact) mass is 390 g/mol. The van der Waals surface area contributed by atoms with Gasteiger partial charge in [0.25, 0.3) is 0 Å². The van der Waals surface area contributed by atoms with Gasteiger partial charge in [-0.25, -0.2) is 4.79 Å². The van der Waals surface area contributed by atoms with Crippen LogP contribution in [-0.4, -0.2) is 18.8 Å². The lowest BCUT2D eigenvalue weighted by Crippen LogP contribution is -2.19. The van der Waals surface area contributed by atoms with Crippen molar-refractivity contribution >= 4 is 35.6 Å². The van der Waals surface area contributed by atoms with Crippen LogP contribution in [0, 0.1) is 5.41 Å². The van der Waals surface area contributed by atoms with E-state index in [0.717, 1.165) is 23.4 Å². The number of nitrogens with one attached hydrogen (secondary N) is 4. The van der Waals surface area contributed by atoms with E-state index in [0.29, 0.717) is 11.4 Å². The largest absolute Gasteiger partial charge is 0.323 e. The van der Waals surface area contributed by atoms with Crippen molar-refractivity contribution in [1.29, 1.82) is 5.41 Å². The highest BCUT2D eigenvalue weighted by molar-refractivity contribution is 7.97. The van der Waals surface area contributed by atoms with Crippen LogP contribution in [0.5, 0.6) is 0 Å². The van der Waals surface area contributed by atoms with Crippen LogP contribution in [0.3, 0.4) is 0 Å². The molecule has 2 aromatic rings. The van der Waals surface area contributed by atoms with Crippen molar-refractivity contribution in [2.24, 2.45) is 0 Å². The number of rotatable bonds is 7. The molecule has 2 aromatic carbocycles. The Bertz CT molecular complexity index is 934. The van der Waals surface area contributed by atoms with Crippen LogP contribution in [0.25, 0.3) is 0 Å². The third kappa shape index (κ3) is 6.26. The normalized spacial score (nSPS) is 12.8. The zero-order valence-corrected chi connectivity index (χ0v) is 16.1. The molecular formula is C22H22N4OS. The average Bonchev–Trinajstić information content (AvgIpc) is 2.97. The predicted molar refractivity (Wildman–Crippen MR) is 118 cm³/mol. The van der Waals surface area contributed by atoms with Gasteiger partial charge in [-0.2, -0.15) is 0 Å². The van der Waals surface area contributed by atoms with Crippen LogP contribution in [-0.2, 0) is 0 Å². The molecule has 0 aliphatic heterocycles. The molecule has 28 heavy (non-hydrogen) atoms. The maximum Gasteiger partial charge on any atom is 0.323 e. The fraction of sp³-hybridized carbons (Fsp3) is 0.0909. The smallest absolute Gasteiger partial charge is 0.308 e. The molecule has 4 N–H and O–H groups in total. The molecule has 0 aromatic heterocycles. The van der Waals surface area contributed by atoms with E-state index in [4.69, 9.17) is 5.41 Å². The first kappa shape index (κ1) is 19.7. The zero-order chi connectivity index (χ0) is 19.6. The summed E-state index contributed by atoms with van der Waals surface area (Å²) in [7, 11) is 0. The molecule has 0 fully saturated rings. The second kappa shape index (κ2) is 10.3. The summed E-state index contributed by atoms with van der Waals surface area (Å²) in [6, 6.07) is 14.5. The van der Waals surface area contributed by atoms with Crippen molar-refractivity contribution in [3.8, 4) is 0 Å². The molecule has 1 aliphatic carbocycles. The van der Waals surface area contributed by atoms with Gasteiger partial charge in [0.15, 0.2) is 0 Å². The van der Waals surface area contributed by atoms with E-state index >= 15 is 0 Å². The second-order valence-corrected chi connectivity index (χ2v) is 7.11. The number of amides is 2. The molecule has 6 heteroatoms. The first-order chi connectivity index (χ1) is 13.7. The third-order valence-electron chi connectivity index (χ3n) is 3.96. The summed E-state index contributed by atoms with van der Waals surface area (Å²) in [4.78, 5) is 13.2. The van der Waals surface area contributed by atoms with Gasteiger partial charge >= 0.3 is 6.03 Å². The lowest BCUT2D eigenvalue weighted by molar-refractivity contribution is 0.262. The second-order valence-electron chi connectivity index (χ2n) is 6.14. The van der Waals surface area contributed by atoms with E-state index in [1.165, 1.54) is 23.7 Å². The van der Waals surface area contributed by atoms with E-state index in [9.17, 15) is 4.79 Å². The SMILES string of the molecule is N=Cc1cccc(NC(=O)Nc2cccc(SNCC3=CC=CC=CC3)c2)c1. The molecular weight excluding hydrogens is 368 g/mol. The molecule has 2 amide bonds. The number of hydrogen-bond acceptors (Lipinski definition) is 4. The maximum absolute atomic E-state index is 12.2. The van der Waals surface area contributed by atoms with Gasteiger partial charge in [0.2, 0.25) is 0 Å². The zero-order valence-electron chi connectivity index (χ0n) is 15.3. The van der Waals surface area contributed by atoms with Crippen molar-refractivity contribution in [3.05, 3.63) is 90.0 Å². The molecule has 1 aliphatic rings. The molecule has 0 radical (unpaired) electrons. The van der Waals surface area contributed by atoms with Gasteiger partial charge in [-0.05, 0) is 54.3 Å². The van der Waals surface area contributed by atoms with E-state index in [-0.39, 0.29) is 6.03 Å². The molecule has 0 unspecified atom stereocenters. The van der Waals surface area contributed by atoms with Gasteiger partial charge < -0.3 is 16.0 Å². The van der Waals surface area contributed by atoms with Crippen molar-refractivity contribution in [3.63, 3.8) is 0 Å². The molecule has 0 saturated carbocycles. The molecule has 142 valence electrons. The highest BCUT2D eigenvalue weighted by Gasteiger charge is 2.05. The van der Waals surface area contributed by atoms with E-state index in [1.54, 1.807) is 18.2 Å². The fourth-order valence-electron chi connectivity index (χ4n) is 2.60. The van der Waals surface area contributed by atoms with E-state index in [1.807, 2.05) is 42.5 Å². The quantitative estimate of drug-likeness (QED) is 0.379. The summed E-state index contributed by atoms with van der Waals surface area (Å²) in [6.07, 6.45) is 12.6. The predicted octanol–water partition coefficient (Wildman–Crippen LogP) is 5.37. The molecule has 5 nitrogen and oxygen atoms in total. The Labute approximate surface area is 169 Å². The lowest BCUT2D eigenvalue weighted by Gasteiger charge is -2.10. The van der Waals surface area contributed by atoms with Crippen molar-refractivity contribution in [1.82, 2.24) is 4.72 Å². The molecule has 0 spiro atoms. The van der Waals surface area contributed by atoms with Gasteiger partial charge in [0, 0.05) is 29.0 Å². The summed E-state index contributed by atoms with van der Waals surface area (Å²) in [6.45, 7) is 0.793. The van der Waals surface area contributed by atoms with E-state index < -0.39 is 0 Å². The van der Waals surface area contributed by atoms with Crippen LogP contribution in [0.1, 0.15) is 12.0 Å². The lowest BCUT2D eigenvalue weighted by atomic mass is 10.2.